The summed E-state index contributed by atoms with van der Waals surface area (Å²) in [4.78, 5) is 0. The third-order valence-electron chi connectivity index (χ3n) is 3.56. The van der Waals surface area contributed by atoms with Crippen molar-refractivity contribution in [1.82, 2.24) is 0 Å². The molecule has 1 heterocycles. The highest BCUT2D eigenvalue weighted by Gasteiger charge is 2.22. The fraction of sp³-hybridized carbons (Fsp3) is 0.471. The highest BCUT2D eigenvalue weighted by atomic mass is 16.3. The summed E-state index contributed by atoms with van der Waals surface area (Å²) in [7, 11) is 0. The molecule has 0 bridgehead atoms. The molecule has 100 valence electrons. The number of nitriles is 1. The van der Waals surface area contributed by atoms with Crippen molar-refractivity contribution in [3.63, 3.8) is 0 Å². The lowest BCUT2D eigenvalue weighted by Gasteiger charge is -2.20. The Morgan fingerprint density at radius 3 is 2.32 bits per heavy atom. The maximum atomic E-state index is 9.24. The Morgan fingerprint density at radius 2 is 1.84 bits per heavy atom. The van der Waals surface area contributed by atoms with Gasteiger partial charge >= 0.3 is 0 Å². The maximum absolute atomic E-state index is 9.24. The summed E-state index contributed by atoms with van der Waals surface area (Å²) in [6, 6.07) is 6.53. The SMILES string of the molecule is Cc1cc(C(C)(C)C)cc2c(C(C)C)c(C#N)oc12. The molecule has 1 aromatic carbocycles. The zero-order valence-corrected chi connectivity index (χ0v) is 12.6. The summed E-state index contributed by atoms with van der Waals surface area (Å²) in [6.45, 7) is 12.9. The monoisotopic (exact) mass is 255 g/mol. The topological polar surface area (TPSA) is 36.9 Å². The molecule has 0 saturated carbocycles. The molecule has 2 nitrogen and oxygen atoms in total. The van der Waals surface area contributed by atoms with Crippen molar-refractivity contribution in [2.24, 2.45) is 0 Å². The Hall–Kier alpha value is -1.75. The molecular formula is C17H21NO. The van der Waals surface area contributed by atoms with Gasteiger partial charge in [-0.3, -0.25) is 0 Å². The summed E-state index contributed by atoms with van der Waals surface area (Å²) in [6.07, 6.45) is 0. The first-order valence-electron chi connectivity index (χ1n) is 6.73. The third-order valence-corrected chi connectivity index (χ3v) is 3.56. The predicted octanol–water partition coefficient (Wildman–Crippen LogP) is 5.03. The van der Waals surface area contributed by atoms with E-state index in [1.807, 2.05) is 6.92 Å². The van der Waals surface area contributed by atoms with E-state index >= 15 is 0 Å². The van der Waals surface area contributed by atoms with Gasteiger partial charge in [-0.15, -0.1) is 0 Å². The van der Waals surface area contributed by atoms with E-state index in [-0.39, 0.29) is 11.3 Å². The van der Waals surface area contributed by atoms with Gasteiger partial charge in [0, 0.05) is 10.9 Å². The second-order valence-corrected chi connectivity index (χ2v) is 6.53. The van der Waals surface area contributed by atoms with Crippen LogP contribution < -0.4 is 0 Å². The van der Waals surface area contributed by atoms with Gasteiger partial charge in [-0.2, -0.15) is 5.26 Å². The first kappa shape index (κ1) is 13.7. The molecule has 0 aliphatic carbocycles. The molecule has 0 saturated heterocycles. The fourth-order valence-electron chi connectivity index (χ4n) is 2.48. The van der Waals surface area contributed by atoms with Crippen molar-refractivity contribution in [2.45, 2.75) is 52.9 Å². The molecule has 0 fully saturated rings. The molecule has 0 atom stereocenters. The number of rotatable bonds is 1. The molecular weight excluding hydrogens is 234 g/mol. The van der Waals surface area contributed by atoms with E-state index in [4.69, 9.17) is 4.42 Å². The molecule has 0 amide bonds. The summed E-state index contributed by atoms with van der Waals surface area (Å²) in [5, 5.41) is 10.3. The smallest absolute Gasteiger partial charge is 0.208 e. The van der Waals surface area contributed by atoms with Gasteiger partial charge in [-0.25, -0.2) is 0 Å². The van der Waals surface area contributed by atoms with E-state index in [0.29, 0.717) is 5.76 Å². The van der Waals surface area contributed by atoms with Crippen LogP contribution in [-0.4, -0.2) is 0 Å². The summed E-state index contributed by atoms with van der Waals surface area (Å²) in [5.74, 6) is 0.740. The number of nitrogens with zero attached hydrogens (tertiary/aromatic N) is 1. The molecule has 0 spiro atoms. The highest BCUT2D eigenvalue weighted by Crippen LogP contribution is 2.36. The lowest BCUT2D eigenvalue weighted by atomic mass is 9.84. The van der Waals surface area contributed by atoms with Crippen molar-refractivity contribution in [3.05, 3.63) is 34.6 Å². The van der Waals surface area contributed by atoms with Gasteiger partial charge in [0.2, 0.25) is 5.76 Å². The summed E-state index contributed by atoms with van der Waals surface area (Å²) in [5.41, 5.74) is 4.37. The van der Waals surface area contributed by atoms with Crippen LogP contribution in [0.5, 0.6) is 0 Å². The number of aryl methyl sites for hydroxylation is 1. The average molecular weight is 255 g/mol. The Labute approximate surface area is 115 Å². The minimum absolute atomic E-state index is 0.0945. The van der Waals surface area contributed by atoms with Crippen LogP contribution in [0.25, 0.3) is 11.0 Å². The van der Waals surface area contributed by atoms with Crippen molar-refractivity contribution >= 4 is 11.0 Å². The summed E-state index contributed by atoms with van der Waals surface area (Å²) < 4.78 is 5.75. The van der Waals surface area contributed by atoms with E-state index in [2.05, 4.69) is 52.8 Å². The quantitative estimate of drug-likeness (QED) is 0.716. The van der Waals surface area contributed by atoms with Gasteiger partial charge in [0.1, 0.15) is 11.7 Å². The molecule has 0 N–H and O–H groups in total. The standard InChI is InChI=1S/C17H21NO/c1-10(2)15-13-8-12(17(4,5)6)7-11(3)16(13)19-14(15)9-18/h7-8,10H,1-6H3. The Kier molecular flexibility index (Phi) is 3.18. The maximum Gasteiger partial charge on any atom is 0.208 e. The van der Waals surface area contributed by atoms with Crippen LogP contribution in [0.15, 0.2) is 16.5 Å². The summed E-state index contributed by atoms with van der Waals surface area (Å²) >= 11 is 0. The number of hydrogen-bond donors (Lipinski definition) is 0. The van der Waals surface area contributed by atoms with Gasteiger partial charge in [0.15, 0.2) is 0 Å². The molecule has 2 heteroatoms. The zero-order chi connectivity index (χ0) is 14.4. The number of fused-ring (bicyclic) bond motifs is 1. The van der Waals surface area contributed by atoms with Crippen LogP contribution in [0.3, 0.4) is 0 Å². The van der Waals surface area contributed by atoms with Crippen molar-refractivity contribution in [3.8, 4) is 6.07 Å². The van der Waals surface area contributed by atoms with Crippen LogP contribution in [0.1, 0.15) is 63.0 Å². The van der Waals surface area contributed by atoms with Crippen molar-refractivity contribution in [1.29, 1.82) is 5.26 Å². The molecule has 2 aromatic rings. The first-order chi connectivity index (χ1) is 8.75. The van der Waals surface area contributed by atoms with Crippen molar-refractivity contribution < 1.29 is 4.42 Å². The average Bonchev–Trinajstić information content (AvgIpc) is 2.66. The van der Waals surface area contributed by atoms with Gasteiger partial charge in [0.25, 0.3) is 0 Å². The van der Waals surface area contributed by atoms with E-state index in [9.17, 15) is 5.26 Å². The molecule has 19 heavy (non-hydrogen) atoms. The molecule has 0 aliphatic heterocycles. The predicted molar refractivity (Wildman–Crippen MR) is 78.5 cm³/mol. The van der Waals surface area contributed by atoms with Gasteiger partial charge in [-0.05, 0) is 35.4 Å². The van der Waals surface area contributed by atoms with E-state index in [1.54, 1.807) is 0 Å². The Morgan fingerprint density at radius 1 is 1.21 bits per heavy atom. The molecule has 0 radical (unpaired) electrons. The number of benzene rings is 1. The Bertz CT molecular complexity index is 663. The second-order valence-electron chi connectivity index (χ2n) is 6.53. The van der Waals surface area contributed by atoms with Crippen LogP contribution >= 0.6 is 0 Å². The largest absolute Gasteiger partial charge is 0.445 e. The highest BCUT2D eigenvalue weighted by molar-refractivity contribution is 5.87. The molecule has 2 rings (SSSR count). The van der Waals surface area contributed by atoms with E-state index in [1.165, 1.54) is 5.56 Å². The molecule has 0 aliphatic rings. The minimum Gasteiger partial charge on any atom is -0.445 e. The molecule has 0 unspecified atom stereocenters. The normalized spacial score (nSPS) is 12.1. The van der Waals surface area contributed by atoms with Crippen LogP contribution in [0, 0.1) is 18.3 Å². The third kappa shape index (κ3) is 2.26. The lowest BCUT2D eigenvalue weighted by Crippen LogP contribution is -2.11. The van der Waals surface area contributed by atoms with Crippen molar-refractivity contribution in [2.75, 3.05) is 0 Å². The van der Waals surface area contributed by atoms with Gasteiger partial charge in [-0.1, -0.05) is 40.7 Å². The first-order valence-corrected chi connectivity index (χ1v) is 6.73. The van der Waals surface area contributed by atoms with E-state index in [0.717, 1.165) is 22.1 Å². The zero-order valence-electron chi connectivity index (χ0n) is 12.6. The van der Waals surface area contributed by atoms with E-state index < -0.39 is 0 Å². The van der Waals surface area contributed by atoms with Crippen LogP contribution in [-0.2, 0) is 5.41 Å². The fourth-order valence-corrected chi connectivity index (χ4v) is 2.48. The molecule has 1 aromatic heterocycles. The second kappa shape index (κ2) is 4.42. The minimum atomic E-state index is 0.0945. The van der Waals surface area contributed by atoms with Gasteiger partial charge < -0.3 is 4.42 Å². The van der Waals surface area contributed by atoms with Crippen LogP contribution in [0.2, 0.25) is 0 Å². The van der Waals surface area contributed by atoms with Gasteiger partial charge in [0.05, 0.1) is 0 Å². The van der Waals surface area contributed by atoms with Crippen LogP contribution in [0.4, 0.5) is 0 Å². The number of hydrogen-bond acceptors (Lipinski definition) is 2. The number of furan rings is 1. The lowest BCUT2D eigenvalue weighted by molar-refractivity contribution is 0.582. The Balaban J connectivity index is 2.86.